The van der Waals surface area contributed by atoms with Gasteiger partial charge in [-0.3, -0.25) is 14.6 Å². The molecule has 0 bridgehead atoms. The van der Waals surface area contributed by atoms with Crippen molar-refractivity contribution in [2.45, 2.75) is 97.2 Å². The number of hydrogen-bond acceptors (Lipinski definition) is 5. The van der Waals surface area contributed by atoms with Crippen molar-refractivity contribution in [3.05, 3.63) is 69.2 Å². The van der Waals surface area contributed by atoms with Gasteiger partial charge in [0.15, 0.2) is 0 Å². The molecule has 7 nitrogen and oxygen atoms in total. The molecule has 1 fully saturated rings. The van der Waals surface area contributed by atoms with Crippen LogP contribution in [-0.4, -0.2) is 40.6 Å². The van der Waals surface area contributed by atoms with Gasteiger partial charge in [-0.05, 0) is 79.3 Å². The van der Waals surface area contributed by atoms with Crippen molar-refractivity contribution in [2.24, 2.45) is 16.3 Å². The Labute approximate surface area is 293 Å². The van der Waals surface area contributed by atoms with E-state index in [0.29, 0.717) is 32.8 Å². The Bertz CT molecular complexity index is 1350. The number of carbonyl (C=O) groups is 3. The van der Waals surface area contributed by atoms with Crippen LogP contribution in [0, 0.1) is 11.3 Å². The Balaban J connectivity index is 0.00000529. The summed E-state index contributed by atoms with van der Waals surface area (Å²) in [5.41, 5.74) is 1.90. The summed E-state index contributed by atoms with van der Waals surface area (Å²) in [6, 6.07) is 12.2. The zero-order valence-corrected chi connectivity index (χ0v) is 30.1. The summed E-state index contributed by atoms with van der Waals surface area (Å²) in [5, 5.41) is 14.2. The van der Waals surface area contributed by atoms with Crippen LogP contribution in [0.4, 0.5) is 0 Å². The van der Waals surface area contributed by atoms with Crippen molar-refractivity contribution in [1.82, 2.24) is 10.2 Å². The third-order valence-corrected chi connectivity index (χ3v) is 9.88. The number of hydrogen-bond donors (Lipinski definition) is 1. The Hall–Kier alpha value is -1.90. The standard InChI is InChI=1S/C34H43Cl2N3O4.Na/c1-5-7-8-28(22-9-11-23(12-10-22)31(42)37-18-15-29(40)41)39-32(43)30(24-19-26(35)21-27(36)20-24)38-34(39)16-13-25(14-17-34)33(3,4)6-2;/h9-12,19-21,25,28H,5-8,13-18H2,1-4H3,(H,37,42)(H,40,41);/q;+1/p-1/t25?,28-,34?;/m1./s1. The van der Waals surface area contributed by atoms with E-state index in [1.165, 1.54) is 0 Å². The Morgan fingerprint density at radius 3 is 2.25 bits per heavy atom. The number of nitrogens with zero attached hydrogens (tertiary/aromatic N) is 2. The molecule has 1 atom stereocenters. The molecular formula is C34H42Cl2N3NaO4. The van der Waals surface area contributed by atoms with Crippen LogP contribution >= 0.6 is 23.2 Å². The molecule has 232 valence electrons. The minimum absolute atomic E-state index is 0. The fourth-order valence-corrected chi connectivity index (χ4v) is 7.03. The number of carboxylic acid groups (broad SMARTS) is 1. The van der Waals surface area contributed by atoms with Crippen molar-refractivity contribution in [1.29, 1.82) is 0 Å². The normalized spacial score (nSPS) is 20.7. The first-order valence-electron chi connectivity index (χ1n) is 15.4. The van der Waals surface area contributed by atoms with Gasteiger partial charge < -0.3 is 20.1 Å². The monoisotopic (exact) mass is 649 g/mol. The predicted octanol–water partition coefficient (Wildman–Crippen LogP) is 3.75. The van der Waals surface area contributed by atoms with Crippen molar-refractivity contribution >= 4 is 46.7 Å². The first-order valence-corrected chi connectivity index (χ1v) is 16.1. The summed E-state index contributed by atoms with van der Waals surface area (Å²) in [7, 11) is 0. The number of aliphatic imine (C=N–C) groups is 1. The molecule has 1 spiro atoms. The molecule has 0 aromatic heterocycles. The molecule has 2 aromatic rings. The van der Waals surface area contributed by atoms with E-state index in [1.54, 1.807) is 30.3 Å². The molecule has 0 unspecified atom stereocenters. The van der Waals surface area contributed by atoms with Crippen LogP contribution in [0.1, 0.15) is 113 Å². The molecule has 2 aliphatic rings. The number of rotatable bonds is 12. The van der Waals surface area contributed by atoms with Crippen LogP contribution in [-0.2, 0) is 9.59 Å². The van der Waals surface area contributed by atoms with E-state index in [2.05, 4.69) is 33.0 Å². The van der Waals surface area contributed by atoms with E-state index in [1.807, 2.05) is 17.0 Å². The van der Waals surface area contributed by atoms with Gasteiger partial charge in [-0.1, -0.05) is 82.3 Å². The molecule has 4 rings (SSSR count). The van der Waals surface area contributed by atoms with Crippen molar-refractivity contribution in [2.75, 3.05) is 6.54 Å². The van der Waals surface area contributed by atoms with E-state index < -0.39 is 11.6 Å². The van der Waals surface area contributed by atoms with Crippen molar-refractivity contribution in [3.8, 4) is 0 Å². The fraction of sp³-hybridized carbons (Fsp3) is 0.529. The summed E-state index contributed by atoms with van der Waals surface area (Å²) in [6.45, 7) is 9.03. The maximum Gasteiger partial charge on any atom is 1.00 e. The first-order chi connectivity index (χ1) is 20.4. The van der Waals surface area contributed by atoms with E-state index in [0.717, 1.165) is 56.9 Å². The minimum atomic E-state index is -1.22. The molecule has 10 heteroatoms. The Morgan fingerprint density at radius 2 is 1.70 bits per heavy atom. The Morgan fingerprint density at radius 1 is 1.09 bits per heavy atom. The second kappa shape index (κ2) is 15.6. The van der Waals surface area contributed by atoms with Crippen LogP contribution in [0.15, 0.2) is 47.5 Å². The van der Waals surface area contributed by atoms with Crippen LogP contribution < -0.4 is 40.0 Å². The van der Waals surface area contributed by atoms with Gasteiger partial charge in [0.05, 0.1) is 6.04 Å². The zero-order valence-electron chi connectivity index (χ0n) is 26.6. The summed E-state index contributed by atoms with van der Waals surface area (Å²) in [4.78, 5) is 45.0. The largest absolute Gasteiger partial charge is 1.00 e. The number of carbonyl (C=O) groups excluding carboxylic acids is 3. The molecule has 2 amide bonds. The second-order valence-electron chi connectivity index (χ2n) is 12.6. The van der Waals surface area contributed by atoms with Crippen molar-refractivity contribution in [3.63, 3.8) is 0 Å². The average molecular weight is 651 g/mol. The summed E-state index contributed by atoms with van der Waals surface area (Å²) in [5.74, 6) is -1.15. The SMILES string of the molecule is CCCC[C@H](c1ccc(C(=O)NCCC(=O)[O-])cc1)N1C(=O)C(c2cc(Cl)cc(Cl)c2)=NC12CCC(C(C)(C)CC)CC2.[Na+]. The number of aliphatic carboxylic acids is 1. The minimum Gasteiger partial charge on any atom is -0.550 e. The number of benzene rings is 2. The van der Waals surface area contributed by atoms with Gasteiger partial charge in [0.1, 0.15) is 11.4 Å². The summed E-state index contributed by atoms with van der Waals surface area (Å²) in [6.07, 6.45) is 6.97. The number of unbranched alkanes of at least 4 members (excludes halogenated alkanes) is 1. The fourth-order valence-electron chi connectivity index (χ4n) is 6.51. The van der Waals surface area contributed by atoms with Crippen LogP contribution in [0.3, 0.4) is 0 Å². The van der Waals surface area contributed by atoms with Crippen LogP contribution in [0.25, 0.3) is 0 Å². The molecule has 1 aliphatic heterocycles. The second-order valence-corrected chi connectivity index (χ2v) is 13.4. The van der Waals surface area contributed by atoms with E-state index in [9.17, 15) is 19.5 Å². The van der Waals surface area contributed by atoms with Gasteiger partial charge in [0.25, 0.3) is 11.8 Å². The van der Waals surface area contributed by atoms with Crippen LogP contribution in [0.2, 0.25) is 10.0 Å². The van der Waals surface area contributed by atoms with Crippen LogP contribution in [0.5, 0.6) is 0 Å². The van der Waals surface area contributed by atoms with Gasteiger partial charge in [-0.15, -0.1) is 0 Å². The molecule has 0 radical (unpaired) electrons. The molecule has 1 heterocycles. The topological polar surface area (TPSA) is 102 Å². The van der Waals surface area contributed by atoms with E-state index >= 15 is 0 Å². The molecule has 1 saturated carbocycles. The van der Waals surface area contributed by atoms with Gasteiger partial charge in [0, 0.05) is 40.1 Å². The van der Waals surface area contributed by atoms with E-state index in [4.69, 9.17) is 28.2 Å². The first kappa shape index (κ1) is 36.6. The molecular weight excluding hydrogens is 608 g/mol. The molecule has 1 aliphatic carbocycles. The maximum atomic E-state index is 14.5. The summed E-state index contributed by atoms with van der Waals surface area (Å²) >= 11 is 12.7. The zero-order chi connectivity index (χ0) is 31.4. The Kier molecular flexibility index (Phi) is 13.0. The predicted molar refractivity (Wildman–Crippen MR) is 169 cm³/mol. The third kappa shape index (κ3) is 8.27. The van der Waals surface area contributed by atoms with Gasteiger partial charge >= 0.3 is 29.6 Å². The molecule has 0 saturated heterocycles. The number of halogens is 2. The number of nitrogens with one attached hydrogen (secondary N) is 1. The number of amides is 2. The van der Waals surface area contributed by atoms with E-state index in [-0.39, 0.29) is 65.8 Å². The molecule has 1 N–H and O–H groups in total. The van der Waals surface area contributed by atoms with Crippen molar-refractivity contribution < 1.29 is 49.0 Å². The van der Waals surface area contributed by atoms with Gasteiger partial charge in [-0.25, -0.2) is 0 Å². The third-order valence-electron chi connectivity index (χ3n) is 9.44. The average Bonchev–Trinajstić information content (AvgIpc) is 3.24. The number of carboxylic acids is 1. The van der Waals surface area contributed by atoms with Gasteiger partial charge in [0.2, 0.25) is 0 Å². The molecule has 44 heavy (non-hydrogen) atoms. The quantitative estimate of drug-likeness (QED) is 0.354. The molecule has 2 aromatic carbocycles. The van der Waals surface area contributed by atoms with Gasteiger partial charge in [-0.2, -0.15) is 0 Å². The smallest absolute Gasteiger partial charge is 0.550 e. The maximum absolute atomic E-state index is 14.5. The summed E-state index contributed by atoms with van der Waals surface area (Å²) < 4.78 is 0.